The Kier molecular flexibility index (Phi) is 4.15. The molecule has 0 aliphatic carbocycles. The summed E-state index contributed by atoms with van der Waals surface area (Å²) in [4.78, 5) is 15.3. The van der Waals surface area contributed by atoms with E-state index in [4.69, 9.17) is 14.2 Å². The SMILES string of the molecule is CN(CCN1CCOC1=O)Cc1ccc2c(c1)OCCO2. The van der Waals surface area contributed by atoms with E-state index in [1.807, 2.05) is 25.2 Å². The normalized spacial score (nSPS) is 17.2. The number of amides is 1. The van der Waals surface area contributed by atoms with Gasteiger partial charge in [-0.15, -0.1) is 0 Å². The lowest BCUT2D eigenvalue weighted by Crippen LogP contribution is -2.33. The lowest BCUT2D eigenvalue weighted by Gasteiger charge is -2.22. The molecule has 6 nitrogen and oxygen atoms in total. The summed E-state index contributed by atoms with van der Waals surface area (Å²) in [5, 5.41) is 0. The van der Waals surface area contributed by atoms with Gasteiger partial charge in [-0.05, 0) is 24.7 Å². The molecule has 3 rings (SSSR count). The Hall–Kier alpha value is -1.95. The number of rotatable bonds is 5. The number of fused-ring (bicyclic) bond motifs is 1. The molecule has 2 heterocycles. The predicted octanol–water partition coefficient (Wildman–Crippen LogP) is 1.34. The fourth-order valence-electron chi connectivity index (χ4n) is 2.50. The van der Waals surface area contributed by atoms with Crippen LogP contribution >= 0.6 is 0 Å². The zero-order valence-electron chi connectivity index (χ0n) is 12.2. The van der Waals surface area contributed by atoms with Crippen molar-refractivity contribution in [2.24, 2.45) is 0 Å². The molecule has 2 aliphatic heterocycles. The van der Waals surface area contributed by atoms with Crippen molar-refractivity contribution in [2.45, 2.75) is 6.54 Å². The first kappa shape index (κ1) is 14.0. The highest BCUT2D eigenvalue weighted by atomic mass is 16.6. The number of likely N-dealkylation sites (N-methyl/N-ethyl adjacent to an activating group) is 1. The van der Waals surface area contributed by atoms with Crippen molar-refractivity contribution < 1.29 is 19.0 Å². The van der Waals surface area contributed by atoms with Crippen LogP contribution in [0.2, 0.25) is 0 Å². The molecule has 0 aromatic heterocycles. The molecule has 0 N–H and O–H groups in total. The predicted molar refractivity (Wildman–Crippen MR) is 76.7 cm³/mol. The monoisotopic (exact) mass is 292 g/mol. The van der Waals surface area contributed by atoms with E-state index in [-0.39, 0.29) is 6.09 Å². The molecule has 0 radical (unpaired) electrons. The van der Waals surface area contributed by atoms with Gasteiger partial charge in [0.25, 0.3) is 0 Å². The van der Waals surface area contributed by atoms with Crippen LogP contribution in [0.4, 0.5) is 4.79 Å². The second kappa shape index (κ2) is 6.22. The minimum absolute atomic E-state index is 0.206. The third-order valence-electron chi connectivity index (χ3n) is 3.66. The van der Waals surface area contributed by atoms with E-state index in [9.17, 15) is 4.79 Å². The fraction of sp³-hybridized carbons (Fsp3) is 0.533. The summed E-state index contributed by atoms with van der Waals surface area (Å²) in [6, 6.07) is 6.03. The number of nitrogens with zero attached hydrogens (tertiary/aromatic N) is 2. The smallest absolute Gasteiger partial charge is 0.409 e. The number of hydrogen-bond acceptors (Lipinski definition) is 5. The van der Waals surface area contributed by atoms with Crippen molar-refractivity contribution in [1.29, 1.82) is 0 Å². The largest absolute Gasteiger partial charge is 0.486 e. The molecule has 0 unspecified atom stereocenters. The topological polar surface area (TPSA) is 51.2 Å². The summed E-state index contributed by atoms with van der Waals surface area (Å²) in [6.45, 7) is 4.71. The molecule has 2 aliphatic rings. The molecule has 0 atom stereocenters. The minimum atomic E-state index is -0.206. The highest BCUT2D eigenvalue weighted by molar-refractivity contribution is 5.69. The molecule has 1 aromatic carbocycles. The van der Waals surface area contributed by atoms with Gasteiger partial charge in [-0.2, -0.15) is 0 Å². The van der Waals surface area contributed by atoms with Gasteiger partial charge in [-0.3, -0.25) is 0 Å². The summed E-state index contributed by atoms with van der Waals surface area (Å²) in [5.41, 5.74) is 1.17. The van der Waals surface area contributed by atoms with Crippen LogP contribution in [0.5, 0.6) is 11.5 Å². The second-order valence-electron chi connectivity index (χ2n) is 5.32. The molecule has 1 fully saturated rings. The number of cyclic esters (lactones) is 1. The molecule has 1 aromatic rings. The molecule has 0 spiro atoms. The summed E-state index contributed by atoms with van der Waals surface area (Å²) in [7, 11) is 2.04. The van der Waals surface area contributed by atoms with Gasteiger partial charge in [-0.1, -0.05) is 6.07 Å². The summed E-state index contributed by atoms with van der Waals surface area (Å²) >= 11 is 0. The molecule has 21 heavy (non-hydrogen) atoms. The molecule has 6 heteroatoms. The van der Waals surface area contributed by atoms with Gasteiger partial charge >= 0.3 is 6.09 Å². The first-order chi connectivity index (χ1) is 10.2. The van der Waals surface area contributed by atoms with E-state index in [0.29, 0.717) is 32.9 Å². The van der Waals surface area contributed by atoms with Gasteiger partial charge in [-0.25, -0.2) is 4.79 Å². The Morgan fingerprint density at radius 3 is 2.71 bits per heavy atom. The lowest BCUT2D eigenvalue weighted by molar-refractivity contribution is 0.155. The van der Waals surface area contributed by atoms with Crippen molar-refractivity contribution in [3.8, 4) is 11.5 Å². The van der Waals surface area contributed by atoms with Crippen LogP contribution in [0.3, 0.4) is 0 Å². The third-order valence-corrected chi connectivity index (χ3v) is 3.66. The molecule has 0 saturated carbocycles. The zero-order valence-corrected chi connectivity index (χ0v) is 12.2. The average molecular weight is 292 g/mol. The van der Waals surface area contributed by atoms with E-state index in [1.54, 1.807) is 4.90 Å². The van der Waals surface area contributed by atoms with Crippen LogP contribution in [-0.4, -0.2) is 62.4 Å². The third kappa shape index (κ3) is 3.39. The minimum Gasteiger partial charge on any atom is -0.486 e. The second-order valence-corrected chi connectivity index (χ2v) is 5.32. The van der Waals surface area contributed by atoms with Gasteiger partial charge in [0, 0.05) is 19.6 Å². The van der Waals surface area contributed by atoms with Crippen LogP contribution in [0.25, 0.3) is 0 Å². The zero-order chi connectivity index (χ0) is 14.7. The van der Waals surface area contributed by atoms with Gasteiger partial charge in [0.2, 0.25) is 0 Å². The van der Waals surface area contributed by atoms with E-state index < -0.39 is 0 Å². The Labute approximate surface area is 124 Å². The quantitative estimate of drug-likeness (QED) is 0.820. The van der Waals surface area contributed by atoms with Gasteiger partial charge < -0.3 is 24.0 Å². The number of carbonyl (C=O) groups is 1. The van der Waals surface area contributed by atoms with Crippen LogP contribution in [0.15, 0.2) is 18.2 Å². The maximum absolute atomic E-state index is 11.4. The highest BCUT2D eigenvalue weighted by Crippen LogP contribution is 2.30. The Balaban J connectivity index is 1.52. The molecule has 114 valence electrons. The van der Waals surface area contributed by atoms with E-state index in [2.05, 4.69) is 4.90 Å². The summed E-state index contributed by atoms with van der Waals surface area (Å²) < 4.78 is 16.0. The van der Waals surface area contributed by atoms with Gasteiger partial charge in [0.15, 0.2) is 11.5 Å². The molecular formula is C15H20N2O4. The maximum Gasteiger partial charge on any atom is 0.409 e. The van der Waals surface area contributed by atoms with Crippen LogP contribution in [0.1, 0.15) is 5.56 Å². The van der Waals surface area contributed by atoms with Crippen molar-refractivity contribution in [2.75, 3.05) is 46.5 Å². The van der Waals surface area contributed by atoms with Crippen LogP contribution in [-0.2, 0) is 11.3 Å². The highest BCUT2D eigenvalue weighted by Gasteiger charge is 2.21. The van der Waals surface area contributed by atoms with Crippen molar-refractivity contribution in [3.05, 3.63) is 23.8 Å². The van der Waals surface area contributed by atoms with E-state index >= 15 is 0 Å². The van der Waals surface area contributed by atoms with Gasteiger partial charge in [0.1, 0.15) is 19.8 Å². The van der Waals surface area contributed by atoms with Crippen molar-refractivity contribution in [3.63, 3.8) is 0 Å². The Morgan fingerprint density at radius 1 is 1.14 bits per heavy atom. The molecule has 1 amide bonds. The Bertz CT molecular complexity index is 520. The van der Waals surface area contributed by atoms with E-state index in [1.165, 1.54) is 5.56 Å². The number of carbonyl (C=O) groups excluding carboxylic acids is 1. The standard InChI is InChI=1S/C15H20N2O4/c1-16(4-5-17-6-7-21-15(17)18)11-12-2-3-13-14(10-12)20-9-8-19-13/h2-3,10H,4-9,11H2,1H3. The lowest BCUT2D eigenvalue weighted by atomic mass is 10.2. The van der Waals surface area contributed by atoms with Crippen LogP contribution < -0.4 is 9.47 Å². The first-order valence-electron chi connectivity index (χ1n) is 7.21. The molecular weight excluding hydrogens is 272 g/mol. The van der Waals surface area contributed by atoms with Gasteiger partial charge in [0.05, 0.1) is 6.54 Å². The number of benzene rings is 1. The van der Waals surface area contributed by atoms with Crippen LogP contribution in [0, 0.1) is 0 Å². The summed E-state index contributed by atoms with van der Waals surface area (Å²) in [6.07, 6.45) is -0.206. The number of ether oxygens (including phenoxy) is 3. The molecule has 0 bridgehead atoms. The van der Waals surface area contributed by atoms with Crippen molar-refractivity contribution >= 4 is 6.09 Å². The first-order valence-corrected chi connectivity index (χ1v) is 7.21. The van der Waals surface area contributed by atoms with E-state index in [0.717, 1.165) is 24.6 Å². The summed E-state index contributed by atoms with van der Waals surface area (Å²) in [5.74, 6) is 1.63. The van der Waals surface area contributed by atoms with Crippen molar-refractivity contribution in [1.82, 2.24) is 9.80 Å². The maximum atomic E-state index is 11.4. The Morgan fingerprint density at radius 2 is 1.95 bits per heavy atom. The fourth-order valence-corrected chi connectivity index (χ4v) is 2.50. The molecule has 1 saturated heterocycles. The average Bonchev–Trinajstić information content (AvgIpc) is 2.90. The number of hydrogen-bond donors (Lipinski definition) is 0.